The van der Waals surface area contributed by atoms with Gasteiger partial charge in [-0.25, -0.2) is 0 Å². The van der Waals surface area contributed by atoms with Crippen LogP contribution in [-0.4, -0.2) is 7.11 Å². The summed E-state index contributed by atoms with van der Waals surface area (Å²) in [6, 6.07) is 30.4. The standard InChI is InChI=1S/C30H24O5/c1-32-23-12-14-25(28(16-23)34-19-22-10-6-3-7-11-22)27-20-35-29-17-24(13-15-26(29)30(27)31)33-18-21-8-4-2-5-9-21/h2-17,20H,18-19H2,1H3. The Labute approximate surface area is 203 Å². The van der Waals surface area contributed by atoms with Crippen molar-refractivity contribution in [2.24, 2.45) is 0 Å². The van der Waals surface area contributed by atoms with E-state index in [9.17, 15) is 4.79 Å². The van der Waals surface area contributed by atoms with Crippen LogP contribution in [0.25, 0.3) is 22.1 Å². The average Bonchev–Trinajstić information content (AvgIpc) is 2.92. The minimum atomic E-state index is -0.143. The minimum Gasteiger partial charge on any atom is -0.497 e. The second-order valence-electron chi connectivity index (χ2n) is 8.05. The zero-order valence-electron chi connectivity index (χ0n) is 19.3. The summed E-state index contributed by atoms with van der Waals surface area (Å²) < 4.78 is 23.2. The lowest BCUT2D eigenvalue weighted by Gasteiger charge is -2.13. The Bertz CT molecular complexity index is 1490. The third kappa shape index (κ3) is 5.04. The number of ether oxygens (including phenoxy) is 3. The van der Waals surface area contributed by atoms with Crippen molar-refractivity contribution in [3.05, 3.63) is 125 Å². The van der Waals surface area contributed by atoms with Crippen molar-refractivity contribution in [2.45, 2.75) is 13.2 Å². The Morgan fingerprint density at radius 2 is 1.34 bits per heavy atom. The number of hydrogen-bond donors (Lipinski definition) is 0. The van der Waals surface area contributed by atoms with E-state index in [2.05, 4.69) is 0 Å². The van der Waals surface area contributed by atoms with E-state index in [4.69, 9.17) is 18.6 Å². The van der Waals surface area contributed by atoms with E-state index in [1.165, 1.54) is 6.26 Å². The van der Waals surface area contributed by atoms with E-state index in [1.807, 2.05) is 66.7 Å². The Hall–Kier alpha value is -4.51. The first-order chi connectivity index (χ1) is 17.2. The van der Waals surface area contributed by atoms with Gasteiger partial charge in [0.05, 0.1) is 18.1 Å². The van der Waals surface area contributed by atoms with Crippen LogP contribution in [0.2, 0.25) is 0 Å². The fraction of sp³-hybridized carbons (Fsp3) is 0.100. The molecular formula is C30H24O5. The summed E-state index contributed by atoms with van der Waals surface area (Å²) in [7, 11) is 1.60. The van der Waals surface area contributed by atoms with Gasteiger partial charge in [-0.2, -0.15) is 0 Å². The highest BCUT2D eigenvalue weighted by atomic mass is 16.5. The quantitative estimate of drug-likeness (QED) is 0.258. The maximum absolute atomic E-state index is 13.4. The van der Waals surface area contributed by atoms with Crippen LogP contribution in [0.3, 0.4) is 0 Å². The monoisotopic (exact) mass is 464 g/mol. The van der Waals surface area contributed by atoms with Gasteiger partial charge in [-0.1, -0.05) is 60.7 Å². The summed E-state index contributed by atoms with van der Waals surface area (Å²) in [5.74, 6) is 1.82. The van der Waals surface area contributed by atoms with E-state index >= 15 is 0 Å². The molecule has 5 rings (SSSR count). The van der Waals surface area contributed by atoms with Crippen LogP contribution in [0.15, 0.2) is 113 Å². The lowest BCUT2D eigenvalue weighted by Crippen LogP contribution is -2.07. The zero-order chi connectivity index (χ0) is 24.0. The molecule has 0 fully saturated rings. The first-order valence-electron chi connectivity index (χ1n) is 11.3. The van der Waals surface area contributed by atoms with Crippen molar-refractivity contribution in [3.63, 3.8) is 0 Å². The molecule has 1 heterocycles. The van der Waals surface area contributed by atoms with Crippen LogP contribution >= 0.6 is 0 Å². The van der Waals surface area contributed by atoms with Crippen molar-refractivity contribution in [1.82, 2.24) is 0 Å². The third-order valence-electron chi connectivity index (χ3n) is 5.71. The summed E-state index contributed by atoms with van der Waals surface area (Å²) in [5.41, 5.74) is 3.46. The van der Waals surface area contributed by atoms with E-state index in [0.29, 0.717) is 52.6 Å². The molecule has 0 aliphatic rings. The number of hydrogen-bond acceptors (Lipinski definition) is 5. The second kappa shape index (κ2) is 10.2. The third-order valence-corrected chi connectivity index (χ3v) is 5.71. The van der Waals surface area contributed by atoms with Crippen LogP contribution in [0.1, 0.15) is 11.1 Å². The van der Waals surface area contributed by atoms with Crippen molar-refractivity contribution < 1.29 is 18.6 Å². The molecule has 0 spiro atoms. The van der Waals surface area contributed by atoms with Gasteiger partial charge in [-0.15, -0.1) is 0 Å². The van der Waals surface area contributed by atoms with E-state index in [1.54, 1.807) is 37.4 Å². The summed E-state index contributed by atoms with van der Waals surface area (Å²) in [6.07, 6.45) is 1.48. The molecule has 5 heteroatoms. The SMILES string of the molecule is COc1ccc(-c2coc3cc(OCc4ccccc4)ccc3c2=O)c(OCc2ccccc2)c1. The van der Waals surface area contributed by atoms with Gasteiger partial charge in [0.1, 0.15) is 42.3 Å². The largest absolute Gasteiger partial charge is 0.497 e. The topological polar surface area (TPSA) is 57.9 Å². The molecule has 0 atom stereocenters. The molecular weight excluding hydrogens is 440 g/mol. The van der Waals surface area contributed by atoms with Gasteiger partial charge in [-0.05, 0) is 35.4 Å². The molecule has 5 aromatic rings. The van der Waals surface area contributed by atoms with Gasteiger partial charge in [0.15, 0.2) is 0 Å². The summed E-state index contributed by atoms with van der Waals surface area (Å²) in [5, 5.41) is 0.472. The Morgan fingerprint density at radius 3 is 2.03 bits per heavy atom. The van der Waals surface area contributed by atoms with Crippen molar-refractivity contribution >= 4 is 11.0 Å². The minimum absolute atomic E-state index is 0.143. The van der Waals surface area contributed by atoms with Gasteiger partial charge in [-0.3, -0.25) is 4.79 Å². The molecule has 0 amide bonds. The molecule has 5 nitrogen and oxygen atoms in total. The summed E-state index contributed by atoms with van der Waals surface area (Å²) in [6.45, 7) is 0.796. The predicted molar refractivity (Wildman–Crippen MR) is 136 cm³/mol. The number of rotatable bonds is 8. The maximum Gasteiger partial charge on any atom is 0.200 e. The molecule has 4 aromatic carbocycles. The lowest BCUT2D eigenvalue weighted by molar-refractivity contribution is 0.305. The molecule has 0 aliphatic heterocycles. The molecule has 0 radical (unpaired) electrons. The fourth-order valence-electron chi connectivity index (χ4n) is 3.83. The molecule has 0 aliphatic carbocycles. The van der Waals surface area contributed by atoms with Gasteiger partial charge >= 0.3 is 0 Å². The van der Waals surface area contributed by atoms with Crippen LogP contribution in [0, 0.1) is 0 Å². The number of methoxy groups -OCH3 is 1. The first kappa shape index (κ1) is 22.3. The molecule has 0 N–H and O–H groups in total. The molecule has 1 aromatic heterocycles. The second-order valence-corrected chi connectivity index (χ2v) is 8.05. The van der Waals surface area contributed by atoms with E-state index in [0.717, 1.165) is 11.1 Å². The van der Waals surface area contributed by atoms with Crippen LogP contribution in [0.4, 0.5) is 0 Å². The molecule has 0 unspecified atom stereocenters. The van der Waals surface area contributed by atoms with Crippen molar-refractivity contribution in [3.8, 4) is 28.4 Å². The number of fused-ring (bicyclic) bond motifs is 1. The first-order valence-corrected chi connectivity index (χ1v) is 11.3. The summed E-state index contributed by atoms with van der Waals surface area (Å²) >= 11 is 0. The molecule has 0 saturated heterocycles. The smallest absolute Gasteiger partial charge is 0.200 e. The highest BCUT2D eigenvalue weighted by Gasteiger charge is 2.15. The zero-order valence-corrected chi connectivity index (χ0v) is 19.3. The summed E-state index contributed by atoms with van der Waals surface area (Å²) in [4.78, 5) is 13.4. The van der Waals surface area contributed by atoms with Crippen LogP contribution < -0.4 is 19.6 Å². The van der Waals surface area contributed by atoms with E-state index in [-0.39, 0.29) is 5.43 Å². The van der Waals surface area contributed by atoms with Crippen molar-refractivity contribution in [2.75, 3.05) is 7.11 Å². The van der Waals surface area contributed by atoms with Gasteiger partial charge in [0.25, 0.3) is 0 Å². The van der Waals surface area contributed by atoms with Crippen LogP contribution in [-0.2, 0) is 13.2 Å². The van der Waals surface area contributed by atoms with E-state index < -0.39 is 0 Å². The van der Waals surface area contributed by atoms with Gasteiger partial charge < -0.3 is 18.6 Å². The Morgan fingerprint density at radius 1 is 0.686 bits per heavy atom. The highest BCUT2D eigenvalue weighted by Crippen LogP contribution is 2.34. The average molecular weight is 465 g/mol. The molecule has 174 valence electrons. The maximum atomic E-state index is 13.4. The van der Waals surface area contributed by atoms with Crippen LogP contribution in [0.5, 0.6) is 17.2 Å². The molecule has 35 heavy (non-hydrogen) atoms. The molecule has 0 bridgehead atoms. The predicted octanol–water partition coefficient (Wildman–Crippen LogP) is 6.63. The van der Waals surface area contributed by atoms with Crippen molar-refractivity contribution in [1.29, 1.82) is 0 Å². The lowest BCUT2D eigenvalue weighted by atomic mass is 10.0. The Kier molecular flexibility index (Phi) is 6.48. The fourth-order valence-corrected chi connectivity index (χ4v) is 3.83. The number of benzene rings is 4. The normalized spacial score (nSPS) is 10.8. The van der Waals surface area contributed by atoms with Gasteiger partial charge in [0, 0.05) is 17.7 Å². The Balaban J connectivity index is 1.45. The highest BCUT2D eigenvalue weighted by molar-refractivity contribution is 5.84. The van der Waals surface area contributed by atoms with Gasteiger partial charge in [0.2, 0.25) is 5.43 Å². The molecule has 0 saturated carbocycles.